The smallest absolute Gasteiger partial charge is 0.220 e. The van der Waals surface area contributed by atoms with E-state index in [-0.39, 0.29) is 11.9 Å². The van der Waals surface area contributed by atoms with Crippen LogP contribution in [0, 0.1) is 0 Å². The maximum atomic E-state index is 12.2. The number of nitrogens with zero attached hydrogens (tertiary/aromatic N) is 2. The van der Waals surface area contributed by atoms with Crippen molar-refractivity contribution in [2.75, 3.05) is 20.6 Å². The Morgan fingerprint density at radius 2 is 2.00 bits per heavy atom. The van der Waals surface area contributed by atoms with E-state index in [1.165, 1.54) is 0 Å². The molecule has 6 nitrogen and oxygen atoms in total. The lowest BCUT2D eigenvalue weighted by Gasteiger charge is -2.22. The Hall–Kier alpha value is -2.86. The maximum absolute atomic E-state index is 12.2. The van der Waals surface area contributed by atoms with Crippen LogP contribution in [0.4, 0.5) is 0 Å². The predicted molar refractivity (Wildman–Crippen MR) is 98.4 cm³/mol. The van der Waals surface area contributed by atoms with E-state index in [0.29, 0.717) is 31.0 Å². The Bertz CT molecular complexity index is 810. The molecule has 3 rings (SSSR count). The number of aromatic nitrogens is 1. The molecule has 0 spiro atoms. The van der Waals surface area contributed by atoms with Gasteiger partial charge in [-0.05, 0) is 26.2 Å². The standard InChI is InChI=1S/C20H23N3O3/c1-23(2)16(17-9-6-12-25-17)13-21-19(24)10-11-20-22-14-18(26-20)15-7-4-3-5-8-15/h3-9,12,14,16H,10-11,13H2,1-2H3,(H,21,24)/t16-/m1/s1. The third-order valence-electron chi connectivity index (χ3n) is 4.17. The van der Waals surface area contributed by atoms with E-state index in [9.17, 15) is 4.79 Å². The number of likely N-dealkylation sites (N-methyl/N-ethyl adjacent to an activating group) is 1. The summed E-state index contributed by atoms with van der Waals surface area (Å²) in [4.78, 5) is 18.4. The van der Waals surface area contributed by atoms with Gasteiger partial charge >= 0.3 is 0 Å². The molecule has 0 aliphatic rings. The van der Waals surface area contributed by atoms with Crippen molar-refractivity contribution < 1.29 is 13.6 Å². The number of carbonyl (C=O) groups is 1. The minimum atomic E-state index is -0.0390. The number of hydrogen-bond donors (Lipinski definition) is 1. The highest BCUT2D eigenvalue weighted by molar-refractivity contribution is 5.76. The predicted octanol–water partition coefficient (Wildman–Crippen LogP) is 3.29. The third-order valence-corrected chi connectivity index (χ3v) is 4.17. The first kappa shape index (κ1) is 17.9. The molecular weight excluding hydrogens is 330 g/mol. The van der Waals surface area contributed by atoms with Crippen LogP contribution in [0.3, 0.4) is 0 Å². The molecule has 0 aliphatic carbocycles. The largest absolute Gasteiger partial charge is 0.468 e. The number of amides is 1. The molecule has 0 bridgehead atoms. The summed E-state index contributed by atoms with van der Waals surface area (Å²) in [6.45, 7) is 0.486. The van der Waals surface area contributed by atoms with Crippen LogP contribution in [0.15, 0.2) is 63.8 Å². The van der Waals surface area contributed by atoms with E-state index >= 15 is 0 Å². The SMILES string of the molecule is CN(C)[C@H](CNC(=O)CCc1ncc(-c2ccccc2)o1)c1ccco1. The van der Waals surface area contributed by atoms with Crippen molar-refractivity contribution in [3.8, 4) is 11.3 Å². The first-order chi connectivity index (χ1) is 12.6. The topological polar surface area (TPSA) is 71.5 Å². The minimum absolute atomic E-state index is 0.000344. The molecule has 1 N–H and O–H groups in total. The Balaban J connectivity index is 1.49. The molecular formula is C20H23N3O3. The molecule has 1 aromatic carbocycles. The Labute approximate surface area is 152 Å². The van der Waals surface area contributed by atoms with E-state index in [1.807, 2.05) is 61.5 Å². The van der Waals surface area contributed by atoms with Gasteiger partial charge in [-0.2, -0.15) is 0 Å². The molecule has 136 valence electrons. The van der Waals surface area contributed by atoms with E-state index in [0.717, 1.165) is 11.3 Å². The monoisotopic (exact) mass is 353 g/mol. The first-order valence-electron chi connectivity index (χ1n) is 8.60. The number of oxazole rings is 1. The molecule has 0 unspecified atom stereocenters. The summed E-state index contributed by atoms with van der Waals surface area (Å²) < 4.78 is 11.2. The van der Waals surface area contributed by atoms with Crippen molar-refractivity contribution in [1.82, 2.24) is 15.2 Å². The van der Waals surface area contributed by atoms with Gasteiger partial charge in [-0.3, -0.25) is 9.69 Å². The van der Waals surface area contributed by atoms with Crippen LogP contribution in [0.1, 0.15) is 24.1 Å². The Kier molecular flexibility index (Phi) is 5.86. The number of carbonyl (C=O) groups excluding carboxylic acids is 1. The fourth-order valence-electron chi connectivity index (χ4n) is 2.70. The number of rotatable bonds is 8. The number of hydrogen-bond acceptors (Lipinski definition) is 5. The zero-order chi connectivity index (χ0) is 18.4. The van der Waals surface area contributed by atoms with Gasteiger partial charge in [0.2, 0.25) is 5.91 Å². The van der Waals surface area contributed by atoms with Crippen LogP contribution in [0.2, 0.25) is 0 Å². The van der Waals surface area contributed by atoms with Gasteiger partial charge in [0.05, 0.1) is 18.5 Å². The molecule has 0 saturated carbocycles. The molecule has 1 atom stereocenters. The van der Waals surface area contributed by atoms with Crippen LogP contribution in [-0.2, 0) is 11.2 Å². The molecule has 0 radical (unpaired) electrons. The second kappa shape index (κ2) is 8.49. The Morgan fingerprint density at radius 3 is 2.69 bits per heavy atom. The van der Waals surface area contributed by atoms with Crippen molar-refractivity contribution in [2.45, 2.75) is 18.9 Å². The van der Waals surface area contributed by atoms with E-state index in [1.54, 1.807) is 12.5 Å². The molecule has 6 heteroatoms. The summed E-state index contributed by atoms with van der Waals surface area (Å²) in [6.07, 6.45) is 4.13. The Morgan fingerprint density at radius 1 is 1.19 bits per heavy atom. The summed E-state index contributed by atoms with van der Waals surface area (Å²) >= 11 is 0. The first-order valence-corrected chi connectivity index (χ1v) is 8.60. The number of aryl methyl sites for hydroxylation is 1. The lowest BCUT2D eigenvalue weighted by Crippen LogP contribution is -2.34. The average Bonchev–Trinajstić information content (AvgIpc) is 3.33. The van der Waals surface area contributed by atoms with Gasteiger partial charge in [0.25, 0.3) is 0 Å². The molecule has 26 heavy (non-hydrogen) atoms. The van der Waals surface area contributed by atoms with Crippen LogP contribution >= 0.6 is 0 Å². The second-order valence-electron chi connectivity index (χ2n) is 6.28. The molecule has 0 fully saturated rings. The van der Waals surface area contributed by atoms with Crippen molar-refractivity contribution in [3.05, 3.63) is 66.6 Å². The lowest BCUT2D eigenvalue weighted by molar-refractivity contribution is -0.121. The van der Waals surface area contributed by atoms with Gasteiger partial charge < -0.3 is 14.2 Å². The van der Waals surface area contributed by atoms with E-state index < -0.39 is 0 Å². The van der Waals surface area contributed by atoms with Gasteiger partial charge in [-0.15, -0.1) is 0 Å². The minimum Gasteiger partial charge on any atom is -0.468 e. The highest BCUT2D eigenvalue weighted by atomic mass is 16.4. The van der Waals surface area contributed by atoms with Crippen molar-refractivity contribution in [1.29, 1.82) is 0 Å². The van der Waals surface area contributed by atoms with Crippen molar-refractivity contribution in [3.63, 3.8) is 0 Å². The number of furan rings is 1. The van der Waals surface area contributed by atoms with Gasteiger partial charge in [0.1, 0.15) is 5.76 Å². The van der Waals surface area contributed by atoms with E-state index in [4.69, 9.17) is 8.83 Å². The zero-order valence-electron chi connectivity index (χ0n) is 15.0. The molecule has 3 aromatic rings. The van der Waals surface area contributed by atoms with Crippen LogP contribution in [0.25, 0.3) is 11.3 Å². The second-order valence-corrected chi connectivity index (χ2v) is 6.28. The third kappa shape index (κ3) is 4.61. The van der Waals surface area contributed by atoms with Crippen molar-refractivity contribution >= 4 is 5.91 Å². The van der Waals surface area contributed by atoms with E-state index in [2.05, 4.69) is 10.3 Å². The van der Waals surface area contributed by atoms with Crippen LogP contribution in [-0.4, -0.2) is 36.4 Å². The molecule has 1 amide bonds. The fraction of sp³-hybridized carbons (Fsp3) is 0.300. The van der Waals surface area contributed by atoms with Gasteiger partial charge in [-0.1, -0.05) is 30.3 Å². The van der Waals surface area contributed by atoms with Crippen molar-refractivity contribution in [2.24, 2.45) is 0 Å². The average molecular weight is 353 g/mol. The van der Waals surface area contributed by atoms with Gasteiger partial charge in [-0.25, -0.2) is 4.98 Å². The van der Waals surface area contributed by atoms with Gasteiger partial charge in [0.15, 0.2) is 11.7 Å². The summed E-state index contributed by atoms with van der Waals surface area (Å²) in [5.74, 6) is 2.07. The highest BCUT2D eigenvalue weighted by Crippen LogP contribution is 2.20. The zero-order valence-corrected chi connectivity index (χ0v) is 15.0. The number of benzene rings is 1. The number of nitrogens with one attached hydrogen (secondary N) is 1. The molecule has 2 aromatic heterocycles. The van der Waals surface area contributed by atoms with Crippen LogP contribution < -0.4 is 5.32 Å². The molecule has 0 aliphatic heterocycles. The highest BCUT2D eigenvalue weighted by Gasteiger charge is 2.18. The quantitative estimate of drug-likeness (QED) is 0.673. The van der Waals surface area contributed by atoms with Crippen LogP contribution in [0.5, 0.6) is 0 Å². The summed E-state index contributed by atoms with van der Waals surface area (Å²) in [5.41, 5.74) is 0.975. The lowest BCUT2D eigenvalue weighted by atomic mass is 10.2. The van der Waals surface area contributed by atoms with Gasteiger partial charge in [0, 0.05) is 24.9 Å². The summed E-state index contributed by atoms with van der Waals surface area (Å²) in [6, 6.07) is 13.5. The molecule has 0 saturated heterocycles. The summed E-state index contributed by atoms with van der Waals surface area (Å²) in [7, 11) is 3.91. The fourth-order valence-corrected chi connectivity index (χ4v) is 2.70. The summed E-state index contributed by atoms with van der Waals surface area (Å²) in [5, 5.41) is 2.95. The normalized spacial score (nSPS) is 12.3. The molecule has 2 heterocycles. The maximum Gasteiger partial charge on any atom is 0.220 e.